The van der Waals surface area contributed by atoms with E-state index in [0.717, 1.165) is 34.1 Å². The van der Waals surface area contributed by atoms with Crippen LogP contribution in [0.1, 0.15) is 12.5 Å². The smallest absolute Gasteiger partial charge is 0.161 e. The minimum Gasteiger partial charge on any atom is -0.493 e. The van der Waals surface area contributed by atoms with Crippen molar-refractivity contribution in [3.8, 4) is 17.2 Å². The highest BCUT2D eigenvalue weighted by atomic mass is 35.5. The largest absolute Gasteiger partial charge is 0.493 e. The van der Waals surface area contributed by atoms with Crippen LogP contribution in [0.2, 0.25) is 10.0 Å². The lowest BCUT2D eigenvalue weighted by molar-refractivity contribution is 0.308. The van der Waals surface area contributed by atoms with E-state index in [4.69, 9.17) is 37.4 Å². The lowest BCUT2D eigenvalue weighted by atomic mass is 10.1. The van der Waals surface area contributed by atoms with Gasteiger partial charge >= 0.3 is 0 Å². The van der Waals surface area contributed by atoms with E-state index in [1.807, 2.05) is 31.2 Å². The summed E-state index contributed by atoms with van der Waals surface area (Å²) in [6.45, 7) is 2.89. The van der Waals surface area contributed by atoms with E-state index in [0.29, 0.717) is 51.8 Å². The molecule has 0 saturated heterocycles. The van der Waals surface area contributed by atoms with Gasteiger partial charge in [0.05, 0.1) is 46.5 Å². The van der Waals surface area contributed by atoms with Crippen molar-refractivity contribution in [1.82, 2.24) is 4.98 Å². The van der Waals surface area contributed by atoms with Crippen molar-refractivity contribution < 1.29 is 18.6 Å². The number of fused-ring (bicyclic) bond motifs is 1. The number of methoxy groups -OCH3 is 1. The third kappa shape index (κ3) is 5.49. The molecule has 3 aromatic carbocycles. The molecule has 1 aromatic heterocycles. The predicted molar refractivity (Wildman–Crippen MR) is 138 cm³/mol. The van der Waals surface area contributed by atoms with E-state index in [2.05, 4.69) is 9.71 Å². The molecule has 4 rings (SSSR count). The van der Waals surface area contributed by atoms with E-state index >= 15 is 0 Å². The number of rotatable bonds is 10. The fourth-order valence-electron chi connectivity index (χ4n) is 3.45. The minimum atomic E-state index is -0.382. The first-order valence-corrected chi connectivity index (χ1v) is 12.2. The van der Waals surface area contributed by atoms with Crippen molar-refractivity contribution in [2.75, 3.05) is 25.0 Å². The molecule has 0 fully saturated rings. The Labute approximate surface area is 211 Å². The average molecular weight is 521 g/mol. The predicted octanol–water partition coefficient (Wildman–Crippen LogP) is 7.76. The highest BCUT2D eigenvalue weighted by Gasteiger charge is 2.12. The van der Waals surface area contributed by atoms with Gasteiger partial charge < -0.3 is 23.9 Å². The number of hydrogen-bond acceptors (Lipinski definition) is 5. The Morgan fingerprint density at radius 3 is 2.62 bits per heavy atom. The molecular formula is C25H23Cl2FN2O3S. The number of benzene rings is 3. The molecule has 1 heterocycles. The molecule has 0 radical (unpaired) electrons. The van der Waals surface area contributed by atoms with Crippen LogP contribution < -0.4 is 18.9 Å². The quantitative estimate of drug-likeness (QED) is 0.209. The van der Waals surface area contributed by atoms with Crippen molar-refractivity contribution in [3.05, 3.63) is 76.2 Å². The van der Waals surface area contributed by atoms with Crippen molar-refractivity contribution >= 4 is 51.7 Å². The third-order valence-electron chi connectivity index (χ3n) is 5.10. The van der Waals surface area contributed by atoms with Gasteiger partial charge in [-0.2, -0.15) is 0 Å². The van der Waals surface area contributed by atoms with Gasteiger partial charge in [0.25, 0.3) is 0 Å². The fourth-order valence-corrected chi connectivity index (χ4v) is 4.69. The zero-order chi connectivity index (χ0) is 24.1. The lowest BCUT2D eigenvalue weighted by Gasteiger charge is -2.12. The molecular weight excluding hydrogens is 498 g/mol. The summed E-state index contributed by atoms with van der Waals surface area (Å²) in [6, 6.07) is 14.1. The maximum atomic E-state index is 14.7. The molecule has 0 aliphatic rings. The number of halogens is 3. The number of aromatic amines is 1. The van der Waals surface area contributed by atoms with Crippen molar-refractivity contribution in [2.24, 2.45) is 0 Å². The standard InChI is InChI=1S/C25H23Cl2FN2O3S/c1-3-32-21-8-4-15(12-22(21)31-2)10-11-33-16-5-9-23(19(28)13-16)34-30-20-7-6-17(26)24-18(27)14-29-25(20)24/h4-9,12-14,29-30H,3,10-11H2,1-2H3. The van der Waals surface area contributed by atoms with Crippen molar-refractivity contribution in [3.63, 3.8) is 0 Å². The van der Waals surface area contributed by atoms with Crippen molar-refractivity contribution in [2.45, 2.75) is 18.2 Å². The summed E-state index contributed by atoms with van der Waals surface area (Å²) in [6.07, 6.45) is 2.32. The topological polar surface area (TPSA) is 55.5 Å². The summed E-state index contributed by atoms with van der Waals surface area (Å²) < 4.78 is 34.5. The van der Waals surface area contributed by atoms with Crippen LogP contribution in [-0.2, 0) is 6.42 Å². The Balaban J connectivity index is 1.35. The van der Waals surface area contributed by atoms with Crippen LogP contribution in [0.25, 0.3) is 10.9 Å². The molecule has 4 aromatic rings. The molecule has 0 spiro atoms. The second kappa shape index (κ2) is 11.1. The summed E-state index contributed by atoms with van der Waals surface area (Å²) in [5.74, 6) is 1.47. The zero-order valence-electron chi connectivity index (χ0n) is 18.6. The van der Waals surface area contributed by atoms with Gasteiger partial charge in [-0.15, -0.1) is 0 Å². The first-order valence-electron chi connectivity index (χ1n) is 10.6. The number of anilines is 1. The zero-order valence-corrected chi connectivity index (χ0v) is 20.9. The molecule has 0 atom stereocenters. The number of aromatic nitrogens is 1. The monoisotopic (exact) mass is 520 g/mol. The van der Waals surface area contributed by atoms with Crippen LogP contribution in [0, 0.1) is 5.82 Å². The Morgan fingerprint density at radius 1 is 1.00 bits per heavy atom. The SMILES string of the molecule is CCOc1ccc(CCOc2ccc(SNc3ccc(Cl)c4c(Cl)c[nH]c34)c(F)c2)cc1OC. The Morgan fingerprint density at radius 2 is 1.85 bits per heavy atom. The number of nitrogens with one attached hydrogen (secondary N) is 2. The molecule has 0 aliphatic carbocycles. The lowest BCUT2D eigenvalue weighted by Crippen LogP contribution is -2.03. The molecule has 0 unspecified atom stereocenters. The van der Waals surface area contributed by atoms with Crippen LogP contribution in [-0.4, -0.2) is 25.3 Å². The first kappa shape index (κ1) is 24.4. The molecule has 0 bridgehead atoms. The van der Waals surface area contributed by atoms with Gasteiger partial charge in [-0.05, 0) is 60.8 Å². The summed E-state index contributed by atoms with van der Waals surface area (Å²) in [7, 11) is 1.61. The van der Waals surface area contributed by atoms with Gasteiger partial charge in [0.1, 0.15) is 11.6 Å². The highest BCUT2D eigenvalue weighted by molar-refractivity contribution is 8.00. The van der Waals surface area contributed by atoms with E-state index in [1.54, 1.807) is 31.5 Å². The summed E-state index contributed by atoms with van der Waals surface area (Å²) in [4.78, 5) is 3.52. The van der Waals surface area contributed by atoms with E-state index in [1.165, 1.54) is 6.07 Å². The molecule has 0 saturated carbocycles. The Bertz CT molecular complexity index is 1300. The molecule has 34 heavy (non-hydrogen) atoms. The number of ether oxygens (including phenoxy) is 3. The van der Waals surface area contributed by atoms with Crippen LogP contribution in [0.5, 0.6) is 17.2 Å². The highest BCUT2D eigenvalue weighted by Crippen LogP contribution is 2.37. The van der Waals surface area contributed by atoms with Gasteiger partial charge in [-0.1, -0.05) is 29.3 Å². The van der Waals surface area contributed by atoms with Gasteiger partial charge in [0, 0.05) is 24.1 Å². The summed E-state index contributed by atoms with van der Waals surface area (Å²) in [5.41, 5.74) is 2.55. The molecule has 5 nitrogen and oxygen atoms in total. The normalized spacial score (nSPS) is 11.0. The minimum absolute atomic E-state index is 0.382. The molecule has 9 heteroatoms. The molecule has 0 aliphatic heterocycles. The average Bonchev–Trinajstić information content (AvgIpc) is 3.23. The summed E-state index contributed by atoms with van der Waals surface area (Å²) in [5, 5.41) is 1.81. The van der Waals surface area contributed by atoms with Crippen LogP contribution >= 0.6 is 35.1 Å². The Kier molecular flexibility index (Phi) is 7.98. The van der Waals surface area contributed by atoms with E-state index in [-0.39, 0.29) is 5.82 Å². The van der Waals surface area contributed by atoms with Gasteiger partial charge in [-0.3, -0.25) is 0 Å². The second-order valence-corrected chi connectivity index (χ2v) is 8.96. The number of hydrogen-bond donors (Lipinski definition) is 2. The Hall–Kier alpha value is -2.74. The van der Waals surface area contributed by atoms with Crippen molar-refractivity contribution in [1.29, 1.82) is 0 Å². The molecule has 2 N–H and O–H groups in total. The molecule has 0 amide bonds. The van der Waals surface area contributed by atoms with Gasteiger partial charge in [0.2, 0.25) is 0 Å². The van der Waals surface area contributed by atoms with Crippen LogP contribution in [0.15, 0.2) is 59.6 Å². The van der Waals surface area contributed by atoms with E-state index < -0.39 is 0 Å². The summed E-state index contributed by atoms with van der Waals surface area (Å²) >= 11 is 13.6. The second-order valence-electron chi connectivity index (χ2n) is 7.29. The van der Waals surface area contributed by atoms with Gasteiger partial charge in [0.15, 0.2) is 11.5 Å². The van der Waals surface area contributed by atoms with Crippen LogP contribution in [0.4, 0.5) is 10.1 Å². The first-order chi connectivity index (χ1) is 16.5. The maximum Gasteiger partial charge on any atom is 0.161 e. The number of H-pyrrole nitrogens is 1. The molecule has 178 valence electrons. The van der Waals surface area contributed by atoms with E-state index in [9.17, 15) is 4.39 Å². The third-order valence-corrected chi connectivity index (χ3v) is 6.58. The maximum absolute atomic E-state index is 14.7. The van der Waals surface area contributed by atoms with Crippen LogP contribution in [0.3, 0.4) is 0 Å². The van der Waals surface area contributed by atoms with Gasteiger partial charge in [-0.25, -0.2) is 4.39 Å². The fraction of sp³-hybridized carbons (Fsp3) is 0.200.